The van der Waals surface area contributed by atoms with Crippen molar-refractivity contribution in [1.29, 1.82) is 0 Å². The molecule has 1 aliphatic carbocycles. The Kier molecular flexibility index (Phi) is 7.41. The van der Waals surface area contributed by atoms with Gasteiger partial charge in [-0.25, -0.2) is 4.98 Å². The number of ether oxygens (including phenoxy) is 1. The molecule has 1 saturated carbocycles. The van der Waals surface area contributed by atoms with Gasteiger partial charge in [-0.15, -0.1) is 0 Å². The van der Waals surface area contributed by atoms with Crippen LogP contribution in [0, 0.1) is 5.92 Å². The third-order valence-electron chi connectivity index (χ3n) is 4.90. The van der Waals surface area contributed by atoms with E-state index in [0.29, 0.717) is 29.7 Å². The number of amides is 2. The molecular formula is C22H27N3O3. The van der Waals surface area contributed by atoms with Crippen molar-refractivity contribution in [3.05, 3.63) is 54.2 Å². The summed E-state index contributed by atoms with van der Waals surface area (Å²) in [5.41, 5.74) is 0.575. The molecule has 1 aromatic carbocycles. The topological polar surface area (TPSA) is 80.3 Å². The lowest BCUT2D eigenvalue weighted by molar-refractivity contribution is -0.116. The Hall–Kier alpha value is -2.89. The fourth-order valence-electron chi connectivity index (χ4n) is 3.34. The van der Waals surface area contributed by atoms with E-state index in [2.05, 4.69) is 15.6 Å². The Bertz CT molecular complexity index is 774. The van der Waals surface area contributed by atoms with Crippen LogP contribution in [0.5, 0.6) is 5.75 Å². The lowest BCUT2D eigenvalue weighted by atomic mass is 9.90. The number of aromatic nitrogens is 1. The fraction of sp³-hybridized carbons (Fsp3) is 0.409. The van der Waals surface area contributed by atoms with Gasteiger partial charge in [0.2, 0.25) is 5.91 Å². The SMILES string of the molecule is O=C(CCNC(=O)c1ccccc1)Nc1ncccc1OCC1CCCCC1. The van der Waals surface area contributed by atoms with E-state index in [0.717, 1.165) is 0 Å². The second-order valence-corrected chi connectivity index (χ2v) is 7.09. The van der Waals surface area contributed by atoms with Crippen LogP contribution in [0.25, 0.3) is 0 Å². The summed E-state index contributed by atoms with van der Waals surface area (Å²) in [6, 6.07) is 12.5. The Labute approximate surface area is 165 Å². The van der Waals surface area contributed by atoms with Gasteiger partial charge >= 0.3 is 0 Å². The first kappa shape index (κ1) is 19.9. The van der Waals surface area contributed by atoms with Crippen LogP contribution < -0.4 is 15.4 Å². The van der Waals surface area contributed by atoms with Gasteiger partial charge in [0, 0.05) is 24.7 Å². The van der Waals surface area contributed by atoms with Crippen molar-refractivity contribution in [1.82, 2.24) is 10.3 Å². The van der Waals surface area contributed by atoms with Crippen molar-refractivity contribution < 1.29 is 14.3 Å². The number of hydrogen-bond donors (Lipinski definition) is 2. The molecule has 0 atom stereocenters. The van der Waals surface area contributed by atoms with Crippen molar-refractivity contribution in [3.8, 4) is 5.75 Å². The third-order valence-corrected chi connectivity index (χ3v) is 4.90. The lowest BCUT2D eigenvalue weighted by Crippen LogP contribution is -2.27. The molecule has 0 radical (unpaired) electrons. The van der Waals surface area contributed by atoms with Crippen molar-refractivity contribution in [2.75, 3.05) is 18.5 Å². The van der Waals surface area contributed by atoms with Crippen LogP contribution in [0.3, 0.4) is 0 Å². The minimum Gasteiger partial charge on any atom is -0.489 e. The predicted molar refractivity (Wildman–Crippen MR) is 108 cm³/mol. The van der Waals surface area contributed by atoms with Crippen molar-refractivity contribution in [2.24, 2.45) is 5.92 Å². The van der Waals surface area contributed by atoms with Gasteiger partial charge in [0.1, 0.15) is 0 Å². The highest BCUT2D eigenvalue weighted by atomic mass is 16.5. The number of hydrogen-bond acceptors (Lipinski definition) is 4. The van der Waals surface area contributed by atoms with Crippen LogP contribution in [0.1, 0.15) is 48.9 Å². The van der Waals surface area contributed by atoms with E-state index in [1.54, 1.807) is 36.5 Å². The van der Waals surface area contributed by atoms with Crippen LogP contribution in [0.4, 0.5) is 5.82 Å². The Balaban J connectivity index is 1.45. The number of rotatable bonds is 8. The molecule has 148 valence electrons. The van der Waals surface area contributed by atoms with Crippen molar-refractivity contribution in [3.63, 3.8) is 0 Å². The van der Waals surface area contributed by atoms with Gasteiger partial charge in [-0.3, -0.25) is 9.59 Å². The maximum atomic E-state index is 12.2. The summed E-state index contributed by atoms with van der Waals surface area (Å²) in [6.45, 7) is 0.909. The van der Waals surface area contributed by atoms with E-state index in [1.165, 1.54) is 32.1 Å². The minimum absolute atomic E-state index is 0.164. The van der Waals surface area contributed by atoms with Crippen LogP contribution in [0.15, 0.2) is 48.7 Å². The smallest absolute Gasteiger partial charge is 0.251 e. The number of nitrogens with zero attached hydrogens (tertiary/aromatic N) is 1. The quantitative estimate of drug-likeness (QED) is 0.729. The average Bonchev–Trinajstić information content (AvgIpc) is 2.74. The molecule has 2 N–H and O–H groups in total. The molecule has 0 saturated heterocycles. The Morgan fingerprint density at radius 1 is 1.04 bits per heavy atom. The first-order valence-electron chi connectivity index (χ1n) is 9.93. The van der Waals surface area contributed by atoms with Crippen molar-refractivity contribution >= 4 is 17.6 Å². The van der Waals surface area contributed by atoms with Gasteiger partial charge < -0.3 is 15.4 Å². The minimum atomic E-state index is -0.213. The summed E-state index contributed by atoms with van der Waals surface area (Å²) in [5, 5.41) is 5.53. The maximum absolute atomic E-state index is 12.2. The normalized spacial score (nSPS) is 14.3. The van der Waals surface area contributed by atoms with E-state index in [1.807, 2.05) is 12.1 Å². The molecule has 28 heavy (non-hydrogen) atoms. The number of pyridine rings is 1. The molecule has 0 spiro atoms. The molecule has 2 amide bonds. The monoisotopic (exact) mass is 381 g/mol. The standard InChI is InChI=1S/C22H27N3O3/c26-20(13-15-24-22(27)18-10-5-2-6-11-18)25-21-19(12-7-14-23-21)28-16-17-8-3-1-4-9-17/h2,5-7,10-12,14,17H,1,3-4,8-9,13,15-16H2,(H,24,27)(H,23,25,26). The molecule has 0 aliphatic heterocycles. The molecule has 6 nitrogen and oxygen atoms in total. The van der Waals surface area contributed by atoms with Gasteiger partial charge in [0.25, 0.3) is 5.91 Å². The second kappa shape index (κ2) is 10.4. The summed E-state index contributed by atoms with van der Waals surface area (Å²) in [6.07, 6.45) is 8.02. The lowest BCUT2D eigenvalue weighted by Gasteiger charge is -2.22. The number of carbonyl (C=O) groups excluding carboxylic acids is 2. The number of carbonyl (C=O) groups is 2. The van der Waals surface area contributed by atoms with E-state index in [-0.39, 0.29) is 24.8 Å². The van der Waals surface area contributed by atoms with Crippen LogP contribution in [0.2, 0.25) is 0 Å². The number of anilines is 1. The Morgan fingerprint density at radius 2 is 1.82 bits per heavy atom. The zero-order chi connectivity index (χ0) is 19.6. The highest BCUT2D eigenvalue weighted by molar-refractivity contribution is 5.95. The zero-order valence-electron chi connectivity index (χ0n) is 16.0. The second-order valence-electron chi connectivity index (χ2n) is 7.09. The van der Waals surface area contributed by atoms with Crippen LogP contribution in [-0.4, -0.2) is 29.9 Å². The molecular weight excluding hydrogens is 354 g/mol. The maximum Gasteiger partial charge on any atom is 0.251 e. The summed E-state index contributed by atoms with van der Waals surface area (Å²) in [4.78, 5) is 28.5. The highest BCUT2D eigenvalue weighted by Crippen LogP contribution is 2.27. The van der Waals surface area contributed by atoms with Crippen LogP contribution in [-0.2, 0) is 4.79 Å². The summed E-state index contributed by atoms with van der Waals surface area (Å²) >= 11 is 0. The van der Waals surface area contributed by atoms with Crippen LogP contribution >= 0.6 is 0 Å². The Morgan fingerprint density at radius 3 is 2.61 bits per heavy atom. The fourth-order valence-corrected chi connectivity index (χ4v) is 3.34. The largest absolute Gasteiger partial charge is 0.489 e. The van der Waals surface area contributed by atoms with Gasteiger partial charge in [-0.1, -0.05) is 37.5 Å². The molecule has 2 aromatic rings. The zero-order valence-corrected chi connectivity index (χ0v) is 16.0. The van der Waals surface area contributed by atoms with Gasteiger partial charge in [-0.05, 0) is 43.0 Å². The van der Waals surface area contributed by atoms with Gasteiger partial charge in [0.05, 0.1) is 6.61 Å². The summed E-state index contributed by atoms with van der Waals surface area (Å²) < 4.78 is 5.93. The predicted octanol–water partition coefficient (Wildman–Crippen LogP) is 3.80. The molecule has 1 aromatic heterocycles. The van der Waals surface area contributed by atoms with E-state index < -0.39 is 0 Å². The first-order chi connectivity index (χ1) is 13.7. The van der Waals surface area contributed by atoms with E-state index >= 15 is 0 Å². The first-order valence-corrected chi connectivity index (χ1v) is 9.93. The number of benzene rings is 1. The highest BCUT2D eigenvalue weighted by Gasteiger charge is 2.16. The molecule has 0 bridgehead atoms. The average molecular weight is 381 g/mol. The van der Waals surface area contributed by atoms with E-state index in [4.69, 9.17) is 4.74 Å². The molecule has 1 aliphatic rings. The molecule has 1 heterocycles. The van der Waals surface area contributed by atoms with Crippen molar-refractivity contribution in [2.45, 2.75) is 38.5 Å². The molecule has 3 rings (SSSR count). The van der Waals surface area contributed by atoms with E-state index in [9.17, 15) is 9.59 Å². The summed E-state index contributed by atoms with van der Waals surface area (Å²) in [7, 11) is 0. The van der Waals surface area contributed by atoms with Gasteiger partial charge in [-0.2, -0.15) is 0 Å². The number of nitrogens with one attached hydrogen (secondary N) is 2. The molecule has 1 fully saturated rings. The van der Waals surface area contributed by atoms with Gasteiger partial charge in [0.15, 0.2) is 11.6 Å². The summed E-state index contributed by atoms with van der Waals surface area (Å²) in [5.74, 6) is 1.19. The molecule has 0 unspecified atom stereocenters. The molecule has 6 heteroatoms. The third kappa shape index (κ3) is 6.08.